The zero-order chi connectivity index (χ0) is 23.5. The minimum Gasteiger partial charge on any atom is -0.340 e. The van der Waals surface area contributed by atoms with Crippen LogP contribution < -0.4 is 10.0 Å². The number of benzene rings is 3. The fraction of sp³-hybridized carbons (Fsp3) is 0.0385. The molecule has 168 valence electrons. The summed E-state index contributed by atoms with van der Waals surface area (Å²) in [4.78, 5) is 13.5. The number of fused-ring (bicyclic) bond motifs is 1. The van der Waals surface area contributed by atoms with Crippen molar-refractivity contribution in [2.24, 2.45) is 0 Å². The van der Waals surface area contributed by atoms with Gasteiger partial charge in [-0.05, 0) is 49.4 Å². The van der Waals surface area contributed by atoms with Gasteiger partial charge in [-0.15, -0.1) is 0 Å². The van der Waals surface area contributed by atoms with Crippen LogP contribution in [0.25, 0.3) is 22.2 Å². The van der Waals surface area contributed by atoms with E-state index in [2.05, 4.69) is 25.0 Å². The van der Waals surface area contributed by atoms with E-state index in [-0.39, 0.29) is 4.90 Å². The van der Waals surface area contributed by atoms with Gasteiger partial charge in [-0.2, -0.15) is 0 Å². The van der Waals surface area contributed by atoms with E-state index < -0.39 is 10.0 Å². The summed E-state index contributed by atoms with van der Waals surface area (Å²) in [6.07, 6.45) is 3.27. The maximum atomic E-state index is 12.6. The van der Waals surface area contributed by atoms with Crippen molar-refractivity contribution in [2.45, 2.75) is 11.8 Å². The molecule has 2 heterocycles. The minimum absolute atomic E-state index is 0.219. The molecule has 0 aliphatic heterocycles. The first kappa shape index (κ1) is 21.5. The number of para-hydroxylation sites is 1. The maximum absolute atomic E-state index is 12.6. The molecule has 0 unspecified atom stereocenters. The average Bonchev–Trinajstić information content (AvgIpc) is 2.85. The summed E-state index contributed by atoms with van der Waals surface area (Å²) in [6.45, 7) is 1.91. The Balaban J connectivity index is 1.34. The SMILES string of the molecule is Cc1ccc(S(=O)(=O)Nc2ccc(Nc3cc(-c4cccc5cccnc45)ncn3)cc2)cc1. The lowest BCUT2D eigenvalue weighted by Gasteiger charge is -2.11. The van der Waals surface area contributed by atoms with Crippen molar-refractivity contribution < 1.29 is 8.42 Å². The van der Waals surface area contributed by atoms with Gasteiger partial charge in [0.1, 0.15) is 12.1 Å². The molecule has 2 aromatic heterocycles. The largest absolute Gasteiger partial charge is 0.340 e. The number of aryl methyl sites for hydroxylation is 1. The fourth-order valence-corrected chi connectivity index (χ4v) is 4.64. The van der Waals surface area contributed by atoms with Gasteiger partial charge < -0.3 is 5.32 Å². The molecule has 8 heteroatoms. The van der Waals surface area contributed by atoms with E-state index in [0.717, 1.165) is 33.4 Å². The zero-order valence-electron chi connectivity index (χ0n) is 18.3. The molecule has 5 rings (SSSR count). The highest BCUT2D eigenvalue weighted by Crippen LogP contribution is 2.27. The summed E-state index contributed by atoms with van der Waals surface area (Å²) in [5, 5.41) is 4.28. The Morgan fingerprint density at radius 2 is 1.50 bits per heavy atom. The standard InChI is InChI=1S/C26H21N5O2S/c1-18-7-13-22(14-8-18)34(32,33)31-21-11-9-20(10-12-21)30-25-16-24(28-17-29-25)23-6-2-4-19-5-3-15-27-26(19)23/h2-17,31H,1H3,(H,28,29,30). The Bertz CT molecular complexity index is 1560. The molecule has 0 fully saturated rings. The van der Waals surface area contributed by atoms with E-state index in [1.807, 2.05) is 43.3 Å². The third kappa shape index (κ3) is 4.57. The van der Waals surface area contributed by atoms with Gasteiger partial charge in [-0.3, -0.25) is 9.71 Å². The Morgan fingerprint density at radius 3 is 2.29 bits per heavy atom. The Kier molecular flexibility index (Phi) is 5.65. The van der Waals surface area contributed by atoms with Crippen LogP contribution in [0.15, 0.2) is 102 Å². The molecule has 2 N–H and O–H groups in total. The third-order valence-electron chi connectivity index (χ3n) is 5.32. The number of sulfonamides is 1. The second-order valence-corrected chi connectivity index (χ2v) is 9.47. The molecular formula is C26H21N5O2S. The highest BCUT2D eigenvalue weighted by atomic mass is 32.2. The van der Waals surface area contributed by atoms with E-state index in [1.54, 1.807) is 54.7 Å². The van der Waals surface area contributed by atoms with Crippen LogP contribution in [0, 0.1) is 6.92 Å². The first-order chi connectivity index (χ1) is 16.5. The van der Waals surface area contributed by atoms with Crippen molar-refractivity contribution in [3.05, 3.63) is 103 Å². The van der Waals surface area contributed by atoms with Crippen molar-refractivity contribution in [2.75, 3.05) is 10.0 Å². The zero-order valence-corrected chi connectivity index (χ0v) is 19.1. The van der Waals surface area contributed by atoms with E-state index in [4.69, 9.17) is 0 Å². The van der Waals surface area contributed by atoms with E-state index in [9.17, 15) is 8.42 Å². The van der Waals surface area contributed by atoms with E-state index >= 15 is 0 Å². The third-order valence-corrected chi connectivity index (χ3v) is 6.71. The van der Waals surface area contributed by atoms with Crippen molar-refractivity contribution in [3.63, 3.8) is 0 Å². The van der Waals surface area contributed by atoms with Crippen LogP contribution >= 0.6 is 0 Å². The summed E-state index contributed by atoms with van der Waals surface area (Å²) < 4.78 is 27.8. The van der Waals surface area contributed by atoms with Crippen LogP contribution in [-0.2, 0) is 10.0 Å². The van der Waals surface area contributed by atoms with Crippen molar-refractivity contribution in [1.29, 1.82) is 0 Å². The van der Waals surface area contributed by atoms with Crippen molar-refractivity contribution in [3.8, 4) is 11.3 Å². The van der Waals surface area contributed by atoms with E-state index in [1.165, 1.54) is 6.33 Å². The Labute approximate surface area is 197 Å². The lowest BCUT2D eigenvalue weighted by molar-refractivity contribution is 0.601. The van der Waals surface area contributed by atoms with Gasteiger partial charge in [0.05, 0.1) is 16.1 Å². The highest BCUT2D eigenvalue weighted by Gasteiger charge is 2.14. The predicted octanol–water partition coefficient (Wildman–Crippen LogP) is 5.54. The molecule has 0 bridgehead atoms. The Hall–Kier alpha value is -4.30. The molecule has 0 spiro atoms. The summed E-state index contributed by atoms with van der Waals surface area (Å²) in [7, 11) is -3.65. The number of rotatable bonds is 6. The molecular weight excluding hydrogens is 446 g/mol. The monoisotopic (exact) mass is 467 g/mol. The predicted molar refractivity (Wildman–Crippen MR) is 134 cm³/mol. The molecule has 0 aliphatic rings. The second-order valence-electron chi connectivity index (χ2n) is 7.79. The van der Waals surface area contributed by atoms with Crippen LogP contribution in [0.2, 0.25) is 0 Å². The first-order valence-corrected chi connectivity index (χ1v) is 12.1. The molecule has 0 saturated heterocycles. The molecule has 0 atom stereocenters. The van der Waals surface area contributed by atoms with Gasteiger partial charge in [-0.1, -0.05) is 42.0 Å². The summed E-state index contributed by atoms with van der Waals surface area (Å²) in [5.74, 6) is 0.617. The molecule has 5 aromatic rings. The molecule has 0 saturated carbocycles. The number of aromatic nitrogens is 3. The highest BCUT2D eigenvalue weighted by molar-refractivity contribution is 7.92. The topological polar surface area (TPSA) is 96.9 Å². The molecule has 0 amide bonds. The molecule has 0 radical (unpaired) electrons. The number of nitrogens with one attached hydrogen (secondary N) is 2. The lowest BCUT2D eigenvalue weighted by atomic mass is 10.1. The van der Waals surface area contributed by atoms with Crippen molar-refractivity contribution >= 4 is 38.1 Å². The van der Waals surface area contributed by atoms with Gasteiger partial charge >= 0.3 is 0 Å². The second kappa shape index (κ2) is 8.92. The summed E-state index contributed by atoms with van der Waals surface area (Å²) >= 11 is 0. The first-order valence-electron chi connectivity index (χ1n) is 10.6. The number of hydrogen-bond acceptors (Lipinski definition) is 6. The maximum Gasteiger partial charge on any atom is 0.261 e. The summed E-state index contributed by atoms with van der Waals surface area (Å²) in [6, 6.07) is 25.4. The van der Waals surface area contributed by atoms with Crippen LogP contribution in [-0.4, -0.2) is 23.4 Å². The van der Waals surface area contributed by atoms with Crippen LogP contribution in [0.4, 0.5) is 17.2 Å². The van der Waals surface area contributed by atoms with Crippen LogP contribution in [0.1, 0.15) is 5.56 Å². The van der Waals surface area contributed by atoms with Crippen LogP contribution in [0.5, 0.6) is 0 Å². The number of pyridine rings is 1. The molecule has 0 aliphatic carbocycles. The van der Waals surface area contributed by atoms with Gasteiger partial charge in [0.25, 0.3) is 10.0 Å². The number of hydrogen-bond donors (Lipinski definition) is 2. The molecule has 7 nitrogen and oxygen atoms in total. The van der Waals surface area contributed by atoms with Crippen molar-refractivity contribution in [1.82, 2.24) is 15.0 Å². The fourth-order valence-electron chi connectivity index (χ4n) is 3.58. The van der Waals surface area contributed by atoms with Gasteiger partial charge in [0.2, 0.25) is 0 Å². The van der Waals surface area contributed by atoms with Gasteiger partial charge in [0.15, 0.2) is 0 Å². The minimum atomic E-state index is -3.65. The average molecular weight is 468 g/mol. The Morgan fingerprint density at radius 1 is 0.765 bits per heavy atom. The van der Waals surface area contributed by atoms with Gasteiger partial charge in [-0.25, -0.2) is 18.4 Å². The normalized spacial score (nSPS) is 11.3. The molecule has 3 aromatic carbocycles. The lowest BCUT2D eigenvalue weighted by Crippen LogP contribution is -2.12. The van der Waals surface area contributed by atoms with Crippen LogP contribution in [0.3, 0.4) is 0 Å². The molecule has 34 heavy (non-hydrogen) atoms. The van der Waals surface area contributed by atoms with E-state index in [0.29, 0.717) is 11.5 Å². The number of nitrogens with zero attached hydrogens (tertiary/aromatic N) is 3. The number of anilines is 3. The van der Waals surface area contributed by atoms with Gasteiger partial charge in [0, 0.05) is 34.6 Å². The quantitative estimate of drug-likeness (QED) is 0.340. The summed E-state index contributed by atoms with van der Waals surface area (Å²) in [5.41, 5.74) is 4.78. The smallest absolute Gasteiger partial charge is 0.261 e.